The van der Waals surface area contributed by atoms with Crippen molar-refractivity contribution in [3.8, 4) is 11.1 Å². The van der Waals surface area contributed by atoms with E-state index in [-0.39, 0.29) is 6.10 Å². The van der Waals surface area contributed by atoms with Crippen molar-refractivity contribution >= 4 is 15.9 Å². The molecule has 0 aliphatic carbocycles. The average molecular weight is 361 g/mol. The van der Waals surface area contributed by atoms with Gasteiger partial charge in [0.15, 0.2) is 0 Å². The molecule has 1 heterocycles. The molecule has 1 fully saturated rings. The Morgan fingerprint density at radius 2 is 1.73 bits per heavy atom. The van der Waals surface area contributed by atoms with Crippen LogP contribution in [0, 0.1) is 0 Å². The molecule has 116 valence electrons. The van der Waals surface area contributed by atoms with Crippen molar-refractivity contribution in [3.63, 3.8) is 0 Å². The summed E-state index contributed by atoms with van der Waals surface area (Å²) in [6.45, 7) is 2.90. The summed E-state index contributed by atoms with van der Waals surface area (Å²) in [6.07, 6.45) is 2.24. The molecular weight excluding hydrogens is 340 g/mol. The van der Waals surface area contributed by atoms with E-state index in [0.717, 1.165) is 25.0 Å². The summed E-state index contributed by atoms with van der Waals surface area (Å²) in [7, 11) is 0. The third-order valence-corrected chi connectivity index (χ3v) is 4.93. The van der Waals surface area contributed by atoms with Crippen molar-refractivity contribution in [2.45, 2.75) is 31.7 Å². The number of hydrogen-bond donors (Lipinski definition) is 0. The van der Waals surface area contributed by atoms with E-state index < -0.39 is 5.79 Å². The molecule has 0 spiro atoms. The smallest absolute Gasteiger partial charge is 0.205 e. The van der Waals surface area contributed by atoms with E-state index in [4.69, 9.17) is 9.47 Å². The lowest BCUT2D eigenvalue weighted by atomic mass is 9.99. The molecule has 2 aromatic carbocycles. The van der Waals surface area contributed by atoms with Crippen molar-refractivity contribution in [3.05, 3.63) is 60.2 Å². The van der Waals surface area contributed by atoms with Crippen LogP contribution in [0.5, 0.6) is 0 Å². The largest absolute Gasteiger partial charge is 0.345 e. The molecule has 0 saturated carbocycles. The van der Waals surface area contributed by atoms with Gasteiger partial charge >= 0.3 is 0 Å². The molecule has 2 atom stereocenters. The van der Waals surface area contributed by atoms with Gasteiger partial charge in [0, 0.05) is 5.56 Å². The Bertz CT molecular complexity index is 597. The van der Waals surface area contributed by atoms with Crippen molar-refractivity contribution in [2.24, 2.45) is 0 Å². The van der Waals surface area contributed by atoms with Crippen LogP contribution in [0.4, 0.5) is 0 Å². The Labute approximate surface area is 140 Å². The highest BCUT2D eigenvalue weighted by Crippen LogP contribution is 2.36. The fourth-order valence-electron chi connectivity index (χ4n) is 2.85. The lowest BCUT2D eigenvalue weighted by molar-refractivity contribution is -0.289. The standard InChI is InChI=1S/C19H21BrO2/c1-2-18-12-13-21-19(14-20,22-18)17-10-8-16(9-11-17)15-6-4-3-5-7-15/h3-11,18H,2,12-14H2,1H3. The molecule has 1 saturated heterocycles. The van der Waals surface area contributed by atoms with E-state index >= 15 is 0 Å². The number of ether oxygens (including phenoxy) is 2. The van der Waals surface area contributed by atoms with Gasteiger partial charge in [-0.15, -0.1) is 0 Å². The number of alkyl halides is 1. The van der Waals surface area contributed by atoms with Crippen LogP contribution in [0.3, 0.4) is 0 Å². The molecule has 1 aliphatic rings. The maximum atomic E-state index is 6.23. The van der Waals surface area contributed by atoms with E-state index in [0.29, 0.717) is 5.33 Å². The highest BCUT2D eigenvalue weighted by atomic mass is 79.9. The van der Waals surface area contributed by atoms with Gasteiger partial charge in [-0.25, -0.2) is 0 Å². The van der Waals surface area contributed by atoms with Gasteiger partial charge in [0.2, 0.25) is 5.79 Å². The molecule has 2 unspecified atom stereocenters. The highest BCUT2D eigenvalue weighted by molar-refractivity contribution is 9.09. The Kier molecular flexibility index (Phi) is 4.97. The van der Waals surface area contributed by atoms with E-state index in [1.807, 2.05) is 6.07 Å². The maximum Gasteiger partial charge on any atom is 0.205 e. The molecule has 3 heteroatoms. The SMILES string of the molecule is CCC1CCOC(CBr)(c2ccc(-c3ccccc3)cc2)O1. The minimum Gasteiger partial charge on any atom is -0.345 e. The van der Waals surface area contributed by atoms with Crippen LogP contribution in [0.2, 0.25) is 0 Å². The van der Waals surface area contributed by atoms with Gasteiger partial charge in [-0.1, -0.05) is 77.5 Å². The molecule has 22 heavy (non-hydrogen) atoms. The molecule has 0 bridgehead atoms. The first kappa shape index (κ1) is 15.7. The second kappa shape index (κ2) is 6.95. The number of benzene rings is 2. The number of rotatable bonds is 4. The molecule has 0 aromatic heterocycles. The van der Waals surface area contributed by atoms with E-state index in [1.165, 1.54) is 11.1 Å². The van der Waals surface area contributed by atoms with Crippen LogP contribution in [0.15, 0.2) is 54.6 Å². The van der Waals surface area contributed by atoms with Crippen LogP contribution in [-0.4, -0.2) is 18.0 Å². The fourth-order valence-corrected chi connectivity index (χ4v) is 3.47. The summed E-state index contributed by atoms with van der Waals surface area (Å²) in [4.78, 5) is 0. The van der Waals surface area contributed by atoms with Crippen molar-refractivity contribution in [2.75, 3.05) is 11.9 Å². The molecule has 0 amide bonds. The molecule has 0 N–H and O–H groups in total. The van der Waals surface area contributed by atoms with Crippen molar-refractivity contribution in [1.82, 2.24) is 0 Å². The van der Waals surface area contributed by atoms with Gasteiger partial charge in [0.1, 0.15) is 0 Å². The fraction of sp³-hybridized carbons (Fsp3) is 0.368. The zero-order valence-electron chi connectivity index (χ0n) is 12.8. The Morgan fingerprint density at radius 3 is 2.36 bits per heavy atom. The molecule has 1 aliphatic heterocycles. The van der Waals surface area contributed by atoms with Gasteiger partial charge in [-0.3, -0.25) is 0 Å². The molecule has 2 aromatic rings. The predicted octanol–water partition coefficient (Wildman–Crippen LogP) is 5.12. The zero-order chi connectivity index (χ0) is 15.4. The topological polar surface area (TPSA) is 18.5 Å². The molecule has 2 nitrogen and oxygen atoms in total. The second-order valence-electron chi connectivity index (χ2n) is 5.62. The minimum atomic E-state index is -0.659. The van der Waals surface area contributed by atoms with Gasteiger partial charge in [-0.2, -0.15) is 0 Å². The monoisotopic (exact) mass is 360 g/mol. The van der Waals surface area contributed by atoms with Crippen LogP contribution >= 0.6 is 15.9 Å². The Balaban J connectivity index is 1.87. The van der Waals surface area contributed by atoms with Crippen LogP contribution in [0.1, 0.15) is 25.3 Å². The lowest BCUT2D eigenvalue weighted by Gasteiger charge is -2.40. The third-order valence-electron chi connectivity index (χ3n) is 4.20. The van der Waals surface area contributed by atoms with Crippen LogP contribution in [0.25, 0.3) is 11.1 Å². The highest BCUT2D eigenvalue weighted by Gasteiger charge is 2.39. The van der Waals surface area contributed by atoms with Gasteiger partial charge in [0.25, 0.3) is 0 Å². The van der Waals surface area contributed by atoms with Gasteiger partial charge in [-0.05, 0) is 24.0 Å². The molecule has 0 radical (unpaired) electrons. The summed E-state index contributed by atoms with van der Waals surface area (Å²) in [5.41, 5.74) is 3.50. The molecule has 3 rings (SSSR count). The van der Waals surface area contributed by atoms with Crippen LogP contribution in [-0.2, 0) is 15.3 Å². The van der Waals surface area contributed by atoms with Crippen molar-refractivity contribution in [1.29, 1.82) is 0 Å². The summed E-state index contributed by atoms with van der Waals surface area (Å²) in [6, 6.07) is 18.9. The second-order valence-corrected chi connectivity index (χ2v) is 6.18. The quantitative estimate of drug-likeness (QED) is 0.704. The Morgan fingerprint density at radius 1 is 1.05 bits per heavy atom. The number of hydrogen-bond acceptors (Lipinski definition) is 2. The van der Waals surface area contributed by atoms with Gasteiger partial charge < -0.3 is 9.47 Å². The van der Waals surface area contributed by atoms with E-state index in [1.54, 1.807) is 0 Å². The third kappa shape index (κ3) is 3.12. The first-order valence-corrected chi connectivity index (χ1v) is 8.93. The Hall–Kier alpha value is -1.16. The minimum absolute atomic E-state index is 0.264. The van der Waals surface area contributed by atoms with E-state index in [9.17, 15) is 0 Å². The first-order valence-electron chi connectivity index (χ1n) is 7.81. The number of halogens is 1. The summed E-state index contributed by atoms with van der Waals surface area (Å²) >= 11 is 3.57. The normalized spacial score (nSPS) is 25.1. The van der Waals surface area contributed by atoms with E-state index in [2.05, 4.69) is 71.4 Å². The molecular formula is C19H21BrO2. The zero-order valence-corrected chi connectivity index (χ0v) is 14.4. The van der Waals surface area contributed by atoms with Crippen LogP contribution < -0.4 is 0 Å². The average Bonchev–Trinajstić information content (AvgIpc) is 2.62. The first-order chi connectivity index (χ1) is 10.8. The summed E-state index contributed by atoms with van der Waals surface area (Å²) in [5, 5.41) is 0.640. The maximum absolute atomic E-state index is 6.23. The predicted molar refractivity (Wildman–Crippen MR) is 93.1 cm³/mol. The van der Waals surface area contributed by atoms with Gasteiger partial charge in [0.05, 0.1) is 18.0 Å². The lowest BCUT2D eigenvalue weighted by Crippen LogP contribution is -2.43. The van der Waals surface area contributed by atoms with Crippen molar-refractivity contribution < 1.29 is 9.47 Å². The summed E-state index contributed by atoms with van der Waals surface area (Å²) in [5.74, 6) is -0.659. The summed E-state index contributed by atoms with van der Waals surface area (Å²) < 4.78 is 12.2.